The van der Waals surface area contributed by atoms with Gasteiger partial charge in [-0.15, -0.1) is 0 Å². The topological polar surface area (TPSA) is 50.8 Å². The van der Waals surface area contributed by atoms with Crippen LogP contribution in [-0.4, -0.2) is 56.0 Å². The van der Waals surface area contributed by atoms with Gasteiger partial charge in [0.25, 0.3) is 0 Å². The zero-order valence-electron chi connectivity index (χ0n) is 15.7. The molecule has 0 saturated heterocycles. The highest BCUT2D eigenvalue weighted by molar-refractivity contribution is 5.68. The molecule has 23 heavy (non-hydrogen) atoms. The van der Waals surface area contributed by atoms with Crippen LogP contribution in [0.25, 0.3) is 0 Å². The molecule has 5 nitrogen and oxygen atoms in total. The summed E-state index contributed by atoms with van der Waals surface area (Å²) < 4.78 is 10.6. The monoisotopic (exact) mass is 328 g/mol. The fourth-order valence-corrected chi connectivity index (χ4v) is 3.05. The number of hydrogen-bond donors (Lipinski definition) is 1. The molecule has 0 heterocycles. The summed E-state index contributed by atoms with van der Waals surface area (Å²) in [6.45, 7) is 10.5. The average Bonchev–Trinajstić information content (AvgIpc) is 2.49. The van der Waals surface area contributed by atoms with Crippen LogP contribution < -0.4 is 5.32 Å². The summed E-state index contributed by atoms with van der Waals surface area (Å²) in [7, 11) is 1.65. The lowest BCUT2D eigenvalue weighted by Crippen LogP contribution is -2.44. The normalized spacial score (nSPS) is 17.8. The molecule has 1 saturated carbocycles. The van der Waals surface area contributed by atoms with Crippen molar-refractivity contribution in [2.75, 3.05) is 33.4 Å². The Morgan fingerprint density at radius 3 is 2.43 bits per heavy atom. The molecule has 1 rings (SSSR count). The Morgan fingerprint density at radius 2 is 1.87 bits per heavy atom. The molecule has 1 unspecified atom stereocenters. The fourth-order valence-electron chi connectivity index (χ4n) is 3.05. The lowest BCUT2D eigenvalue weighted by Gasteiger charge is -2.30. The Labute approximate surface area is 142 Å². The predicted octanol–water partition coefficient (Wildman–Crippen LogP) is 3.43. The lowest BCUT2D eigenvalue weighted by atomic mass is 9.84. The smallest absolute Gasteiger partial charge is 0.410 e. The summed E-state index contributed by atoms with van der Waals surface area (Å²) >= 11 is 0. The van der Waals surface area contributed by atoms with E-state index >= 15 is 0 Å². The van der Waals surface area contributed by atoms with Gasteiger partial charge in [0.2, 0.25) is 0 Å². The Kier molecular flexibility index (Phi) is 8.92. The number of nitrogens with zero attached hydrogens (tertiary/aromatic N) is 1. The van der Waals surface area contributed by atoms with Gasteiger partial charge in [-0.05, 0) is 46.5 Å². The maximum absolute atomic E-state index is 12.3. The first-order chi connectivity index (χ1) is 10.8. The van der Waals surface area contributed by atoms with Gasteiger partial charge in [-0.3, -0.25) is 0 Å². The first-order valence-corrected chi connectivity index (χ1v) is 9.03. The summed E-state index contributed by atoms with van der Waals surface area (Å²) in [6, 6.07) is 0.512. The summed E-state index contributed by atoms with van der Waals surface area (Å²) in [5.41, 5.74) is -0.467. The number of nitrogens with one attached hydrogen (secondary N) is 1. The van der Waals surface area contributed by atoms with Gasteiger partial charge in [0.15, 0.2) is 0 Å². The highest BCUT2D eigenvalue weighted by atomic mass is 16.6. The van der Waals surface area contributed by atoms with Crippen LogP contribution >= 0.6 is 0 Å². The number of methoxy groups -OCH3 is 1. The summed E-state index contributed by atoms with van der Waals surface area (Å²) in [5, 5.41) is 3.59. The van der Waals surface area contributed by atoms with Crippen molar-refractivity contribution in [1.29, 1.82) is 0 Å². The van der Waals surface area contributed by atoms with Crippen LogP contribution in [0.2, 0.25) is 0 Å². The van der Waals surface area contributed by atoms with E-state index in [2.05, 4.69) is 12.2 Å². The molecule has 0 bridgehead atoms. The molecule has 1 atom stereocenters. The third kappa shape index (κ3) is 8.56. The van der Waals surface area contributed by atoms with Gasteiger partial charge in [-0.1, -0.05) is 19.3 Å². The minimum absolute atomic E-state index is 0.262. The highest BCUT2D eigenvalue weighted by Crippen LogP contribution is 2.26. The first-order valence-electron chi connectivity index (χ1n) is 9.03. The van der Waals surface area contributed by atoms with E-state index in [-0.39, 0.29) is 6.09 Å². The van der Waals surface area contributed by atoms with Crippen LogP contribution in [0.5, 0.6) is 0 Å². The van der Waals surface area contributed by atoms with Crippen LogP contribution in [0.4, 0.5) is 4.79 Å². The van der Waals surface area contributed by atoms with Crippen LogP contribution in [0.3, 0.4) is 0 Å². The molecule has 0 aromatic carbocycles. The van der Waals surface area contributed by atoms with Gasteiger partial charge in [0.05, 0.1) is 6.61 Å². The highest BCUT2D eigenvalue weighted by Gasteiger charge is 2.23. The lowest BCUT2D eigenvalue weighted by molar-refractivity contribution is 0.0202. The van der Waals surface area contributed by atoms with Crippen molar-refractivity contribution in [2.24, 2.45) is 5.92 Å². The SMILES string of the molecule is COCCN(CCNC(C)C1CCCCC1)C(=O)OC(C)(C)C. The average molecular weight is 328 g/mol. The first kappa shape index (κ1) is 20.2. The second-order valence-electron chi connectivity index (χ2n) is 7.60. The van der Waals surface area contributed by atoms with Crippen LogP contribution in [0.1, 0.15) is 59.8 Å². The van der Waals surface area contributed by atoms with Gasteiger partial charge in [-0.25, -0.2) is 4.79 Å². The quantitative estimate of drug-likeness (QED) is 0.742. The van der Waals surface area contributed by atoms with Crippen LogP contribution in [0, 0.1) is 5.92 Å². The number of amides is 1. The molecule has 0 aliphatic heterocycles. The second kappa shape index (κ2) is 10.1. The van der Waals surface area contributed by atoms with Crippen molar-refractivity contribution in [3.8, 4) is 0 Å². The largest absolute Gasteiger partial charge is 0.444 e. The van der Waals surface area contributed by atoms with E-state index in [9.17, 15) is 4.79 Å². The minimum atomic E-state index is -0.467. The molecule has 136 valence electrons. The number of carbonyl (C=O) groups excluding carboxylic acids is 1. The van der Waals surface area contributed by atoms with E-state index < -0.39 is 5.60 Å². The summed E-state index contributed by atoms with van der Waals surface area (Å²) in [4.78, 5) is 14.0. The van der Waals surface area contributed by atoms with Crippen LogP contribution in [0.15, 0.2) is 0 Å². The molecule has 1 amide bonds. The Balaban J connectivity index is 2.38. The number of ether oxygens (including phenoxy) is 2. The molecule has 0 aromatic rings. The molecule has 1 fully saturated rings. The second-order valence-corrected chi connectivity index (χ2v) is 7.60. The maximum atomic E-state index is 12.3. The molecular formula is C18H36N2O3. The Hall–Kier alpha value is -0.810. The molecule has 1 N–H and O–H groups in total. The Morgan fingerprint density at radius 1 is 1.22 bits per heavy atom. The van der Waals surface area contributed by atoms with Gasteiger partial charge in [0, 0.05) is 32.8 Å². The van der Waals surface area contributed by atoms with Crippen molar-refractivity contribution in [3.05, 3.63) is 0 Å². The van der Waals surface area contributed by atoms with E-state index in [0.29, 0.717) is 25.7 Å². The van der Waals surface area contributed by atoms with Gasteiger partial charge in [0.1, 0.15) is 5.60 Å². The maximum Gasteiger partial charge on any atom is 0.410 e. The molecule has 1 aliphatic rings. The molecule has 0 spiro atoms. The van der Waals surface area contributed by atoms with Crippen molar-refractivity contribution in [3.63, 3.8) is 0 Å². The third-order valence-electron chi connectivity index (χ3n) is 4.42. The zero-order chi connectivity index (χ0) is 17.3. The van der Waals surface area contributed by atoms with Gasteiger partial charge < -0.3 is 19.7 Å². The van der Waals surface area contributed by atoms with Crippen molar-refractivity contribution < 1.29 is 14.3 Å². The predicted molar refractivity (Wildman–Crippen MR) is 93.7 cm³/mol. The minimum Gasteiger partial charge on any atom is -0.444 e. The van der Waals surface area contributed by atoms with Crippen LogP contribution in [-0.2, 0) is 9.47 Å². The van der Waals surface area contributed by atoms with Gasteiger partial charge in [-0.2, -0.15) is 0 Å². The van der Waals surface area contributed by atoms with E-state index in [1.807, 2.05) is 20.8 Å². The molecule has 5 heteroatoms. The molecular weight excluding hydrogens is 292 g/mol. The van der Waals surface area contributed by atoms with E-state index in [1.54, 1.807) is 12.0 Å². The zero-order valence-corrected chi connectivity index (χ0v) is 15.7. The Bertz CT molecular complexity index is 336. The van der Waals surface area contributed by atoms with E-state index in [0.717, 1.165) is 12.5 Å². The number of rotatable bonds is 8. The standard InChI is InChI=1S/C18H36N2O3/c1-15(16-9-7-6-8-10-16)19-11-12-20(13-14-22-5)17(21)23-18(2,3)4/h15-16,19H,6-14H2,1-5H3. The van der Waals surface area contributed by atoms with Gasteiger partial charge >= 0.3 is 6.09 Å². The molecule has 0 radical (unpaired) electrons. The van der Waals surface area contributed by atoms with Crippen molar-refractivity contribution in [2.45, 2.75) is 71.4 Å². The summed E-state index contributed by atoms with van der Waals surface area (Å²) in [5.74, 6) is 0.776. The van der Waals surface area contributed by atoms with Crippen molar-refractivity contribution in [1.82, 2.24) is 10.2 Å². The number of hydrogen-bond acceptors (Lipinski definition) is 4. The fraction of sp³-hybridized carbons (Fsp3) is 0.944. The molecule has 0 aromatic heterocycles. The van der Waals surface area contributed by atoms with E-state index in [1.165, 1.54) is 32.1 Å². The van der Waals surface area contributed by atoms with Crippen molar-refractivity contribution >= 4 is 6.09 Å². The van der Waals surface area contributed by atoms with E-state index in [4.69, 9.17) is 9.47 Å². The molecule has 1 aliphatic carbocycles. The number of carbonyl (C=O) groups is 1. The summed E-state index contributed by atoms with van der Waals surface area (Å²) in [6.07, 6.45) is 6.48. The third-order valence-corrected chi connectivity index (χ3v) is 4.42.